The maximum Gasteiger partial charge on any atom is 0.211 e. The van der Waals surface area contributed by atoms with Gasteiger partial charge in [-0.05, 0) is 38.2 Å². The lowest BCUT2D eigenvalue weighted by Crippen LogP contribution is -2.54. The minimum atomic E-state index is -3.26. The number of nitrogens with zero attached hydrogens (tertiary/aromatic N) is 2. The van der Waals surface area contributed by atoms with E-state index in [-0.39, 0.29) is 18.3 Å². The molecule has 1 heterocycles. The van der Waals surface area contributed by atoms with E-state index in [0.717, 1.165) is 5.56 Å². The zero-order valence-corrected chi connectivity index (χ0v) is 16.2. The highest BCUT2D eigenvalue weighted by molar-refractivity contribution is 7.88. The van der Waals surface area contributed by atoms with Crippen LogP contribution in [0.15, 0.2) is 24.3 Å². The van der Waals surface area contributed by atoms with Gasteiger partial charge in [-0.3, -0.25) is 0 Å². The lowest BCUT2D eigenvalue weighted by Gasteiger charge is -2.45. The summed E-state index contributed by atoms with van der Waals surface area (Å²) in [5, 5.41) is 11.4. The monoisotopic (exact) mass is 378 g/mol. The van der Waals surface area contributed by atoms with Gasteiger partial charge in [0, 0.05) is 25.6 Å². The van der Waals surface area contributed by atoms with Gasteiger partial charge in [0.15, 0.2) is 0 Å². The molecule has 1 saturated heterocycles. The maximum atomic E-state index is 11.9. The zero-order chi connectivity index (χ0) is 17.3. The van der Waals surface area contributed by atoms with Crippen molar-refractivity contribution in [1.82, 2.24) is 9.21 Å². The molecule has 2 unspecified atom stereocenters. The molecule has 1 aliphatic rings. The largest absolute Gasteiger partial charge is 0.497 e. The summed E-state index contributed by atoms with van der Waals surface area (Å²) in [6, 6.07) is 7.39. The smallest absolute Gasteiger partial charge is 0.211 e. The van der Waals surface area contributed by atoms with Crippen molar-refractivity contribution in [3.8, 4) is 5.75 Å². The molecule has 0 radical (unpaired) electrons. The number of rotatable bonds is 5. The fraction of sp³-hybridized carbons (Fsp3) is 0.625. The first-order chi connectivity index (χ1) is 10.7. The van der Waals surface area contributed by atoms with Gasteiger partial charge in [-0.15, -0.1) is 12.4 Å². The van der Waals surface area contributed by atoms with Crippen LogP contribution in [0.1, 0.15) is 12.0 Å². The molecule has 0 saturated carbocycles. The molecule has 0 aromatic heterocycles. The lowest BCUT2D eigenvalue weighted by atomic mass is 9.76. The molecule has 0 spiro atoms. The Balaban J connectivity index is 0.00000288. The maximum absolute atomic E-state index is 11.9. The van der Waals surface area contributed by atoms with Crippen molar-refractivity contribution in [2.45, 2.75) is 12.0 Å². The van der Waals surface area contributed by atoms with Crippen LogP contribution in [-0.2, 0) is 15.6 Å². The summed E-state index contributed by atoms with van der Waals surface area (Å²) >= 11 is 0. The number of ether oxygens (including phenoxy) is 1. The Morgan fingerprint density at radius 3 is 2.62 bits per heavy atom. The van der Waals surface area contributed by atoms with Gasteiger partial charge in [-0.1, -0.05) is 12.1 Å². The van der Waals surface area contributed by atoms with E-state index < -0.39 is 15.6 Å². The van der Waals surface area contributed by atoms with Crippen molar-refractivity contribution >= 4 is 22.4 Å². The van der Waals surface area contributed by atoms with Crippen LogP contribution in [0, 0.1) is 5.92 Å². The van der Waals surface area contributed by atoms with Crippen LogP contribution in [-0.4, -0.2) is 69.8 Å². The highest BCUT2D eigenvalue weighted by Crippen LogP contribution is 2.39. The molecular weight excluding hydrogens is 352 g/mol. The minimum absolute atomic E-state index is 0. The van der Waals surface area contributed by atoms with Crippen LogP contribution in [0.25, 0.3) is 0 Å². The molecule has 1 fully saturated rings. The van der Waals surface area contributed by atoms with Crippen LogP contribution in [0.4, 0.5) is 0 Å². The Labute approximate surface area is 150 Å². The van der Waals surface area contributed by atoms with Gasteiger partial charge in [-0.25, -0.2) is 12.7 Å². The van der Waals surface area contributed by atoms with Gasteiger partial charge < -0.3 is 14.7 Å². The van der Waals surface area contributed by atoms with E-state index in [9.17, 15) is 13.5 Å². The second kappa shape index (κ2) is 8.01. The van der Waals surface area contributed by atoms with Crippen LogP contribution >= 0.6 is 12.4 Å². The van der Waals surface area contributed by atoms with Gasteiger partial charge in [0.25, 0.3) is 0 Å². The molecule has 8 heteroatoms. The van der Waals surface area contributed by atoms with Gasteiger partial charge in [0.05, 0.1) is 19.0 Å². The van der Waals surface area contributed by atoms with Crippen molar-refractivity contribution in [1.29, 1.82) is 0 Å². The molecular formula is C16H27ClN2O4S. The normalized spacial score (nSPS) is 25.3. The van der Waals surface area contributed by atoms with Crippen molar-refractivity contribution in [2.24, 2.45) is 5.92 Å². The third-order valence-electron chi connectivity index (χ3n) is 4.47. The molecule has 0 bridgehead atoms. The van der Waals surface area contributed by atoms with E-state index in [1.807, 2.05) is 43.3 Å². The number of halogens is 1. The molecule has 0 aliphatic carbocycles. The summed E-state index contributed by atoms with van der Waals surface area (Å²) in [5.41, 5.74) is -0.295. The standard InChI is InChI=1S/C16H26N2O4S.ClH/c1-17(2)11-14-12-18(23(4,20)21)9-8-16(14,19)13-6-5-7-15(10-13)22-3;/h5-7,10,14,19H,8-9,11-12H2,1-4H3;1H. The summed E-state index contributed by atoms with van der Waals surface area (Å²) in [4.78, 5) is 1.97. The summed E-state index contributed by atoms with van der Waals surface area (Å²) in [6.07, 6.45) is 1.58. The first-order valence-corrected chi connectivity index (χ1v) is 9.48. The molecule has 2 atom stereocenters. The van der Waals surface area contributed by atoms with Crippen molar-refractivity contribution < 1.29 is 18.3 Å². The Hall–Kier alpha value is -0.860. The van der Waals surface area contributed by atoms with E-state index in [1.165, 1.54) is 10.6 Å². The quantitative estimate of drug-likeness (QED) is 0.832. The molecule has 1 aliphatic heterocycles. The second-order valence-corrected chi connectivity index (χ2v) is 8.47. The van der Waals surface area contributed by atoms with E-state index in [0.29, 0.717) is 31.8 Å². The summed E-state index contributed by atoms with van der Waals surface area (Å²) < 4.78 is 30.5. The molecule has 2 rings (SSSR count). The van der Waals surface area contributed by atoms with Gasteiger partial charge in [0.1, 0.15) is 5.75 Å². The number of hydrogen-bond acceptors (Lipinski definition) is 5. The fourth-order valence-corrected chi connectivity index (χ4v) is 4.08. The number of piperidine rings is 1. The highest BCUT2D eigenvalue weighted by atomic mass is 35.5. The van der Waals surface area contributed by atoms with Crippen LogP contribution in [0.5, 0.6) is 5.75 Å². The van der Waals surface area contributed by atoms with Crippen LogP contribution in [0.2, 0.25) is 0 Å². The van der Waals surface area contributed by atoms with Gasteiger partial charge in [0.2, 0.25) is 10.0 Å². The Morgan fingerprint density at radius 1 is 1.42 bits per heavy atom. The number of benzene rings is 1. The van der Waals surface area contributed by atoms with Gasteiger partial charge >= 0.3 is 0 Å². The number of sulfonamides is 1. The number of hydrogen-bond donors (Lipinski definition) is 1. The molecule has 1 N–H and O–H groups in total. The topological polar surface area (TPSA) is 70.1 Å². The van der Waals surface area contributed by atoms with E-state index >= 15 is 0 Å². The average Bonchev–Trinajstić information content (AvgIpc) is 2.48. The Bertz CT molecular complexity index is 653. The van der Waals surface area contributed by atoms with Crippen LogP contribution in [0.3, 0.4) is 0 Å². The first kappa shape index (κ1) is 21.2. The molecule has 1 aromatic carbocycles. The van der Waals surface area contributed by atoms with Crippen molar-refractivity contribution in [3.05, 3.63) is 29.8 Å². The van der Waals surface area contributed by atoms with Crippen molar-refractivity contribution in [3.63, 3.8) is 0 Å². The lowest BCUT2D eigenvalue weighted by molar-refractivity contribution is -0.0697. The Morgan fingerprint density at radius 2 is 2.08 bits per heavy atom. The molecule has 24 heavy (non-hydrogen) atoms. The van der Waals surface area contributed by atoms with Gasteiger partial charge in [-0.2, -0.15) is 0 Å². The third-order valence-corrected chi connectivity index (χ3v) is 5.74. The summed E-state index contributed by atoms with van der Waals surface area (Å²) in [5.74, 6) is 0.471. The third kappa shape index (κ3) is 4.61. The Kier molecular flexibility index (Phi) is 7.07. The average molecular weight is 379 g/mol. The summed E-state index contributed by atoms with van der Waals surface area (Å²) in [6.45, 7) is 1.22. The predicted octanol–water partition coefficient (Wildman–Crippen LogP) is 1.15. The molecule has 6 nitrogen and oxygen atoms in total. The first-order valence-electron chi connectivity index (χ1n) is 7.63. The van der Waals surface area contributed by atoms with E-state index in [2.05, 4.69) is 0 Å². The highest BCUT2D eigenvalue weighted by Gasteiger charge is 2.45. The zero-order valence-electron chi connectivity index (χ0n) is 14.6. The number of methoxy groups -OCH3 is 1. The predicted molar refractivity (Wildman–Crippen MR) is 97.2 cm³/mol. The minimum Gasteiger partial charge on any atom is -0.497 e. The van der Waals surface area contributed by atoms with Crippen LogP contribution < -0.4 is 4.74 Å². The molecule has 1 aromatic rings. The van der Waals surface area contributed by atoms with E-state index in [4.69, 9.17) is 4.74 Å². The molecule has 0 amide bonds. The van der Waals surface area contributed by atoms with E-state index in [1.54, 1.807) is 7.11 Å². The second-order valence-electron chi connectivity index (χ2n) is 6.49. The SMILES string of the molecule is COc1cccc(C2(O)CCN(S(C)(=O)=O)CC2CN(C)C)c1.Cl. The molecule has 138 valence electrons. The fourth-order valence-electron chi connectivity index (χ4n) is 3.21. The van der Waals surface area contributed by atoms with Crippen molar-refractivity contribution in [2.75, 3.05) is 47.1 Å². The number of aliphatic hydroxyl groups is 1. The summed E-state index contributed by atoms with van der Waals surface area (Å²) in [7, 11) is 2.17.